The maximum absolute atomic E-state index is 9.35. The molecule has 100 valence electrons. The molecule has 0 aliphatic carbocycles. The predicted molar refractivity (Wildman–Crippen MR) is 79.2 cm³/mol. The molecule has 0 aliphatic heterocycles. The van der Waals surface area contributed by atoms with Crippen molar-refractivity contribution in [2.24, 2.45) is 0 Å². The molecule has 3 rings (SSSR count). The zero-order valence-electron chi connectivity index (χ0n) is 11.3. The van der Waals surface area contributed by atoms with Crippen molar-refractivity contribution in [3.63, 3.8) is 0 Å². The van der Waals surface area contributed by atoms with Crippen LogP contribution in [-0.2, 0) is 6.42 Å². The molecule has 0 radical (unpaired) electrons. The van der Waals surface area contributed by atoms with E-state index in [1.807, 2.05) is 36.4 Å². The second kappa shape index (κ2) is 5.93. The Labute approximate surface area is 122 Å². The van der Waals surface area contributed by atoms with E-state index in [1.165, 1.54) is 18.2 Å². The molecule has 0 aliphatic rings. The van der Waals surface area contributed by atoms with Gasteiger partial charge in [0.2, 0.25) is 0 Å². The fourth-order valence-electron chi connectivity index (χ4n) is 2.20. The van der Waals surface area contributed by atoms with Crippen molar-refractivity contribution in [1.82, 2.24) is 15.0 Å². The van der Waals surface area contributed by atoms with Gasteiger partial charge in [0.15, 0.2) is 5.82 Å². The van der Waals surface area contributed by atoms with E-state index >= 15 is 0 Å². The summed E-state index contributed by atoms with van der Waals surface area (Å²) < 4.78 is 0. The van der Waals surface area contributed by atoms with E-state index in [4.69, 9.17) is 0 Å². The zero-order valence-corrected chi connectivity index (χ0v) is 11.3. The van der Waals surface area contributed by atoms with Crippen molar-refractivity contribution < 1.29 is 0 Å². The van der Waals surface area contributed by atoms with Crippen molar-refractivity contribution >= 4 is 0 Å². The summed E-state index contributed by atoms with van der Waals surface area (Å²) in [7, 11) is 0. The van der Waals surface area contributed by atoms with Gasteiger partial charge in [0.1, 0.15) is 12.7 Å². The highest BCUT2D eigenvalue weighted by Crippen LogP contribution is 2.21. The Bertz CT molecular complexity index is 777. The van der Waals surface area contributed by atoms with Crippen molar-refractivity contribution in [2.75, 3.05) is 0 Å². The number of hydrogen-bond acceptors (Lipinski definition) is 4. The van der Waals surface area contributed by atoms with E-state index in [0.717, 1.165) is 17.5 Å². The maximum Gasteiger partial charge on any atom is 0.163 e. The van der Waals surface area contributed by atoms with E-state index in [-0.39, 0.29) is 0 Å². The van der Waals surface area contributed by atoms with E-state index in [0.29, 0.717) is 11.4 Å². The number of aromatic nitrogens is 3. The average Bonchev–Trinajstić information content (AvgIpc) is 2.56. The Balaban J connectivity index is 1.95. The van der Waals surface area contributed by atoms with E-state index in [1.54, 1.807) is 0 Å². The van der Waals surface area contributed by atoms with Crippen molar-refractivity contribution in [3.05, 3.63) is 77.9 Å². The third kappa shape index (κ3) is 2.93. The third-order valence-corrected chi connectivity index (χ3v) is 3.19. The van der Waals surface area contributed by atoms with Gasteiger partial charge in [0.05, 0.1) is 11.6 Å². The van der Waals surface area contributed by atoms with Gasteiger partial charge in [0, 0.05) is 5.56 Å². The summed E-state index contributed by atoms with van der Waals surface area (Å²) in [5, 5.41) is 9.35. The summed E-state index contributed by atoms with van der Waals surface area (Å²) >= 11 is 0. The summed E-state index contributed by atoms with van der Waals surface area (Å²) in [5.74, 6) is 0.521. The van der Waals surface area contributed by atoms with Crippen LogP contribution in [0, 0.1) is 11.3 Å². The Morgan fingerprint density at radius 1 is 0.905 bits per heavy atom. The van der Waals surface area contributed by atoms with Crippen molar-refractivity contribution in [1.29, 1.82) is 5.26 Å². The Kier molecular flexibility index (Phi) is 3.66. The lowest BCUT2D eigenvalue weighted by molar-refractivity contribution is 1.05. The zero-order chi connectivity index (χ0) is 14.5. The smallest absolute Gasteiger partial charge is 0.163 e. The lowest BCUT2D eigenvalue weighted by Gasteiger charge is -2.06. The minimum Gasteiger partial charge on any atom is -0.225 e. The highest BCUT2D eigenvalue weighted by atomic mass is 15.0. The van der Waals surface area contributed by atoms with Crippen LogP contribution >= 0.6 is 0 Å². The molecule has 0 N–H and O–H groups in total. The molecule has 0 bridgehead atoms. The molecular weight excluding hydrogens is 260 g/mol. The number of benzene rings is 2. The van der Waals surface area contributed by atoms with Gasteiger partial charge in [-0.3, -0.25) is 0 Å². The third-order valence-electron chi connectivity index (χ3n) is 3.19. The fraction of sp³-hybridized carbons (Fsp3) is 0.0588. The van der Waals surface area contributed by atoms with Gasteiger partial charge >= 0.3 is 0 Å². The SMILES string of the molecule is N#Cc1cc(Cc2ccccc2)ccc1-c1ncncn1. The second-order valence-corrected chi connectivity index (χ2v) is 4.62. The Hall–Kier alpha value is -3.06. The molecule has 0 atom stereocenters. The minimum absolute atomic E-state index is 0.521. The van der Waals surface area contributed by atoms with Gasteiger partial charge in [-0.05, 0) is 29.7 Å². The maximum atomic E-state index is 9.35. The van der Waals surface area contributed by atoms with Crippen LogP contribution in [0.5, 0.6) is 0 Å². The van der Waals surface area contributed by atoms with Crippen molar-refractivity contribution in [3.8, 4) is 17.5 Å². The van der Waals surface area contributed by atoms with Crippen LogP contribution in [0.1, 0.15) is 16.7 Å². The molecule has 0 unspecified atom stereocenters. The monoisotopic (exact) mass is 272 g/mol. The minimum atomic E-state index is 0.521. The molecule has 1 heterocycles. The van der Waals surface area contributed by atoms with Crippen LogP contribution in [-0.4, -0.2) is 15.0 Å². The Morgan fingerprint density at radius 3 is 2.38 bits per heavy atom. The van der Waals surface area contributed by atoms with E-state index in [2.05, 4.69) is 33.2 Å². The molecule has 3 aromatic rings. The summed E-state index contributed by atoms with van der Waals surface area (Å²) in [6.07, 6.45) is 3.66. The molecule has 0 fully saturated rings. The lowest BCUT2D eigenvalue weighted by atomic mass is 9.99. The summed E-state index contributed by atoms with van der Waals surface area (Å²) in [6, 6.07) is 18.2. The number of nitrogens with zero attached hydrogens (tertiary/aromatic N) is 4. The van der Waals surface area contributed by atoms with Crippen LogP contribution in [0.2, 0.25) is 0 Å². The first-order chi connectivity index (χ1) is 10.4. The Morgan fingerprint density at radius 2 is 1.67 bits per heavy atom. The van der Waals surface area contributed by atoms with Gasteiger partial charge in [0.25, 0.3) is 0 Å². The topological polar surface area (TPSA) is 62.5 Å². The van der Waals surface area contributed by atoms with Gasteiger partial charge in [-0.1, -0.05) is 36.4 Å². The largest absolute Gasteiger partial charge is 0.225 e. The van der Waals surface area contributed by atoms with Crippen LogP contribution in [0.3, 0.4) is 0 Å². The molecule has 0 amide bonds. The average molecular weight is 272 g/mol. The summed E-state index contributed by atoms with van der Waals surface area (Å²) in [6.45, 7) is 0. The molecule has 0 saturated heterocycles. The fourth-order valence-corrected chi connectivity index (χ4v) is 2.20. The predicted octanol–water partition coefficient (Wildman–Crippen LogP) is 3.00. The normalized spacial score (nSPS) is 10.0. The first kappa shape index (κ1) is 12.9. The molecule has 2 aromatic carbocycles. The molecule has 1 aromatic heterocycles. The first-order valence-electron chi connectivity index (χ1n) is 6.56. The number of nitriles is 1. The van der Waals surface area contributed by atoms with Crippen LogP contribution in [0.4, 0.5) is 0 Å². The second-order valence-electron chi connectivity index (χ2n) is 4.62. The molecule has 4 nitrogen and oxygen atoms in total. The number of rotatable bonds is 3. The van der Waals surface area contributed by atoms with E-state index in [9.17, 15) is 5.26 Å². The summed E-state index contributed by atoms with van der Waals surface area (Å²) in [5.41, 5.74) is 3.62. The van der Waals surface area contributed by atoms with Gasteiger partial charge in [-0.25, -0.2) is 15.0 Å². The van der Waals surface area contributed by atoms with Gasteiger partial charge in [-0.2, -0.15) is 5.26 Å². The molecular formula is C17H12N4. The van der Waals surface area contributed by atoms with Gasteiger partial charge in [-0.15, -0.1) is 0 Å². The number of hydrogen-bond donors (Lipinski definition) is 0. The van der Waals surface area contributed by atoms with Crippen LogP contribution in [0.15, 0.2) is 61.2 Å². The summed E-state index contributed by atoms with van der Waals surface area (Å²) in [4.78, 5) is 12.0. The van der Waals surface area contributed by atoms with Crippen LogP contribution < -0.4 is 0 Å². The first-order valence-corrected chi connectivity index (χ1v) is 6.56. The van der Waals surface area contributed by atoms with Crippen molar-refractivity contribution in [2.45, 2.75) is 6.42 Å². The van der Waals surface area contributed by atoms with E-state index < -0.39 is 0 Å². The highest BCUT2D eigenvalue weighted by molar-refractivity contribution is 5.65. The van der Waals surface area contributed by atoms with Gasteiger partial charge < -0.3 is 0 Å². The molecule has 4 heteroatoms. The quantitative estimate of drug-likeness (QED) is 0.735. The molecule has 0 saturated carbocycles. The highest BCUT2D eigenvalue weighted by Gasteiger charge is 2.08. The molecule has 0 spiro atoms. The molecule has 21 heavy (non-hydrogen) atoms. The standard InChI is InChI=1S/C17H12N4/c18-10-15-9-14(8-13-4-2-1-3-5-13)6-7-16(15)17-20-11-19-12-21-17/h1-7,9,11-12H,8H2. The van der Waals surface area contributed by atoms with Crippen LogP contribution in [0.25, 0.3) is 11.4 Å². The lowest BCUT2D eigenvalue weighted by Crippen LogP contribution is -1.95.